The molecule has 7 heteroatoms. The number of rotatable bonds is 5. The molecule has 1 atom stereocenters. The Hall–Kier alpha value is -0.400. The Labute approximate surface area is 98.4 Å². The standard InChI is InChI=1S/C9H17F3N2OS/c1-8(2,5-15)14(3)4-6(7(13)16)9(10,11)12/h6,15H,4-5H2,1-3H3,(H2,13,16). The summed E-state index contributed by atoms with van der Waals surface area (Å²) >= 11 is 4.41. The van der Waals surface area contributed by atoms with Gasteiger partial charge in [0.05, 0.1) is 11.6 Å². The van der Waals surface area contributed by atoms with Crippen LogP contribution in [0.1, 0.15) is 13.8 Å². The van der Waals surface area contributed by atoms with Crippen LogP contribution in [0, 0.1) is 5.92 Å². The van der Waals surface area contributed by atoms with Gasteiger partial charge < -0.3 is 10.8 Å². The van der Waals surface area contributed by atoms with Gasteiger partial charge in [-0.15, -0.1) is 0 Å². The molecular formula is C9H17F3N2OS. The van der Waals surface area contributed by atoms with Gasteiger partial charge in [-0.25, -0.2) is 0 Å². The number of aliphatic hydroxyl groups is 1. The first-order chi connectivity index (χ1) is 7.02. The van der Waals surface area contributed by atoms with Crippen LogP contribution in [0.2, 0.25) is 0 Å². The van der Waals surface area contributed by atoms with E-state index in [0.29, 0.717) is 0 Å². The second kappa shape index (κ2) is 5.29. The SMILES string of the molecule is CN(CC(C(N)=S)C(F)(F)F)C(C)(C)CO. The van der Waals surface area contributed by atoms with E-state index in [1.54, 1.807) is 13.8 Å². The van der Waals surface area contributed by atoms with E-state index < -0.39 is 22.6 Å². The number of aliphatic hydroxyl groups excluding tert-OH is 1. The Morgan fingerprint density at radius 3 is 2.12 bits per heavy atom. The lowest BCUT2D eigenvalue weighted by molar-refractivity contribution is -0.161. The summed E-state index contributed by atoms with van der Waals surface area (Å²) in [5.74, 6) is -1.85. The van der Waals surface area contributed by atoms with E-state index in [4.69, 9.17) is 10.8 Å². The van der Waals surface area contributed by atoms with E-state index in [-0.39, 0.29) is 13.2 Å². The molecule has 3 nitrogen and oxygen atoms in total. The highest BCUT2D eigenvalue weighted by atomic mass is 32.1. The molecular weight excluding hydrogens is 241 g/mol. The zero-order chi connectivity index (χ0) is 13.1. The van der Waals surface area contributed by atoms with Crippen molar-refractivity contribution in [3.05, 3.63) is 0 Å². The van der Waals surface area contributed by atoms with Gasteiger partial charge in [0.2, 0.25) is 0 Å². The highest BCUT2D eigenvalue weighted by Gasteiger charge is 2.43. The maximum Gasteiger partial charge on any atom is 0.399 e. The van der Waals surface area contributed by atoms with Crippen molar-refractivity contribution in [1.29, 1.82) is 0 Å². The quantitative estimate of drug-likeness (QED) is 0.726. The van der Waals surface area contributed by atoms with E-state index >= 15 is 0 Å². The lowest BCUT2D eigenvalue weighted by atomic mass is 10.0. The number of nitrogens with two attached hydrogens (primary N) is 1. The van der Waals surface area contributed by atoms with Crippen molar-refractivity contribution in [3.8, 4) is 0 Å². The summed E-state index contributed by atoms with van der Waals surface area (Å²) < 4.78 is 37.7. The number of likely N-dealkylation sites (N-methyl/N-ethyl adjacent to an activating group) is 1. The van der Waals surface area contributed by atoms with Gasteiger partial charge in [0.1, 0.15) is 5.92 Å². The zero-order valence-corrected chi connectivity index (χ0v) is 10.3. The van der Waals surface area contributed by atoms with Gasteiger partial charge in [0.15, 0.2) is 0 Å². The summed E-state index contributed by atoms with van der Waals surface area (Å²) in [7, 11) is 1.49. The summed E-state index contributed by atoms with van der Waals surface area (Å²) in [6.07, 6.45) is -4.45. The van der Waals surface area contributed by atoms with Crippen molar-refractivity contribution in [1.82, 2.24) is 4.90 Å². The molecule has 0 saturated heterocycles. The van der Waals surface area contributed by atoms with Crippen molar-refractivity contribution in [2.45, 2.75) is 25.6 Å². The van der Waals surface area contributed by atoms with Crippen LogP contribution in [0.15, 0.2) is 0 Å². The zero-order valence-electron chi connectivity index (χ0n) is 9.51. The number of halogens is 3. The fourth-order valence-electron chi connectivity index (χ4n) is 0.996. The third kappa shape index (κ3) is 4.23. The van der Waals surface area contributed by atoms with E-state index in [1.807, 2.05) is 0 Å². The maximum absolute atomic E-state index is 12.6. The summed E-state index contributed by atoms with van der Waals surface area (Å²) in [6, 6.07) is 0. The largest absolute Gasteiger partial charge is 0.399 e. The first-order valence-corrected chi connectivity index (χ1v) is 5.11. The Morgan fingerprint density at radius 1 is 1.44 bits per heavy atom. The molecule has 0 saturated carbocycles. The molecule has 3 N–H and O–H groups in total. The molecule has 0 spiro atoms. The predicted octanol–water partition coefficient (Wildman–Crippen LogP) is 1.15. The second-order valence-corrected chi connectivity index (χ2v) is 4.82. The number of nitrogens with zero attached hydrogens (tertiary/aromatic N) is 1. The van der Waals surface area contributed by atoms with E-state index in [9.17, 15) is 13.2 Å². The Morgan fingerprint density at radius 2 is 1.88 bits per heavy atom. The second-order valence-electron chi connectivity index (χ2n) is 4.35. The summed E-state index contributed by atoms with van der Waals surface area (Å²) in [6.45, 7) is 2.68. The van der Waals surface area contributed by atoms with Crippen LogP contribution < -0.4 is 5.73 Å². The first kappa shape index (κ1) is 15.6. The Balaban J connectivity index is 4.73. The molecule has 0 aliphatic rings. The lowest BCUT2D eigenvalue weighted by Gasteiger charge is -2.36. The highest BCUT2D eigenvalue weighted by molar-refractivity contribution is 7.80. The van der Waals surface area contributed by atoms with E-state index in [2.05, 4.69) is 12.2 Å². The molecule has 0 aromatic rings. The predicted molar refractivity (Wildman–Crippen MR) is 60.1 cm³/mol. The minimum atomic E-state index is -4.45. The van der Waals surface area contributed by atoms with Crippen LogP contribution in [0.3, 0.4) is 0 Å². The topological polar surface area (TPSA) is 49.5 Å². The van der Waals surface area contributed by atoms with Crippen molar-refractivity contribution in [3.63, 3.8) is 0 Å². The fourth-order valence-corrected chi connectivity index (χ4v) is 1.20. The van der Waals surface area contributed by atoms with Gasteiger partial charge in [-0.2, -0.15) is 13.2 Å². The van der Waals surface area contributed by atoms with E-state index in [0.717, 1.165) is 0 Å². The molecule has 0 aromatic heterocycles. The van der Waals surface area contributed by atoms with Crippen LogP contribution in [0.4, 0.5) is 13.2 Å². The molecule has 0 rings (SSSR count). The van der Waals surface area contributed by atoms with Crippen LogP contribution >= 0.6 is 12.2 Å². The summed E-state index contributed by atoms with van der Waals surface area (Å²) in [4.78, 5) is 0.817. The number of thiocarbonyl (C=S) groups is 1. The van der Waals surface area contributed by atoms with Gasteiger partial charge in [-0.3, -0.25) is 4.90 Å². The molecule has 0 bridgehead atoms. The first-order valence-electron chi connectivity index (χ1n) is 4.70. The van der Waals surface area contributed by atoms with Gasteiger partial charge in [-0.1, -0.05) is 12.2 Å². The lowest BCUT2D eigenvalue weighted by Crippen LogP contribution is -2.51. The Bertz CT molecular complexity index is 256. The molecule has 0 fully saturated rings. The Kier molecular flexibility index (Phi) is 5.15. The fraction of sp³-hybridized carbons (Fsp3) is 0.889. The van der Waals surface area contributed by atoms with Crippen molar-refractivity contribution in [2.75, 3.05) is 20.2 Å². The molecule has 96 valence electrons. The maximum atomic E-state index is 12.6. The smallest absolute Gasteiger partial charge is 0.394 e. The molecule has 0 aromatic carbocycles. The average Bonchev–Trinajstić information content (AvgIpc) is 2.11. The molecule has 0 amide bonds. The summed E-state index contributed by atoms with van der Waals surface area (Å²) in [5, 5.41) is 9.03. The number of hydrogen-bond donors (Lipinski definition) is 2. The molecule has 0 aliphatic heterocycles. The number of hydrogen-bond acceptors (Lipinski definition) is 3. The van der Waals surface area contributed by atoms with Crippen molar-refractivity contribution >= 4 is 17.2 Å². The van der Waals surface area contributed by atoms with Crippen LogP contribution in [0.25, 0.3) is 0 Å². The van der Waals surface area contributed by atoms with Gasteiger partial charge in [0, 0.05) is 12.1 Å². The van der Waals surface area contributed by atoms with Gasteiger partial charge in [-0.05, 0) is 20.9 Å². The van der Waals surface area contributed by atoms with Crippen molar-refractivity contribution < 1.29 is 18.3 Å². The normalized spacial score (nSPS) is 15.2. The minimum absolute atomic E-state index is 0.245. The molecule has 16 heavy (non-hydrogen) atoms. The van der Waals surface area contributed by atoms with Crippen molar-refractivity contribution in [2.24, 2.45) is 11.7 Å². The molecule has 0 radical (unpaired) electrons. The average molecular weight is 258 g/mol. The van der Waals surface area contributed by atoms with Gasteiger partial charge >= 0.3 is 6.18 Å². The molecule has 0 heterocycles. The number of alkyl halides is 3. The van der Waals surface area contributed by atoms with E-state index in [1.165, 1.54) is 11.9 Å². The third-order valence-electron chi connectivity index (χ3n) is 2.62. The van der Waals surface area contributed by atoms with Gasteiger partial charge in [0.25, 0.3) is 0 Å². The van der Waals surface area contributed by atoms with Crippen LogP contribution in [0.5, 0.6) is 0 Å². The molecule has 0 aliphatic carbocycles. The third-order valence-corrected chi connectivity index (χ3v) is 2.90. The monoisotopic (exact) mass is 258 g/mol. The summed E-state index contributed by atoms with van der Waals surface area (Å²) in [5.41, 5.74) is 4.34. The minimum Gasteiger partial charge on any atom is -0.394 e. The van der Waals surface area contributed by atoms with Crippen LogP contribution in [-0.2, 0) is 0 Å². The highest BCUT2D eigenvalue weighted by Crippen LogP contribution is 2.28. The molecule has 1 unspecified atom stereocenters. The van der Waals surface area contributed by atoms with Crippen LogP contribution in [-0.4, -0.2) is 46.9 Å².